The highest BCUT2D eigenvalue weighted by Crippen LogP contribution is 2.19. The van der Waals surface area contributed by atoms with E-state index < -0.39 is 0 Å². The van der Waals surface area contributed by atoms with Crippen LogP contribution < -0.4 is 0 Å². The molecule has 0 saturated carbocycles. The topological polar surface area (TPSA) is 34.1 Å². The van der Waals surface area contributed by atoms with Crippen LogP contribution in [0.2, 0.25) is 0 Å². The van der Waals surface area contributed by atoms with Gasteiger partial charge in [-0.05, 0) is 23.1 Å². The minimum Gasteiger partial charge on any atom is -0.303 e. The molecule has 2 rings (SSSR count). The number of thiophene rings is 1. The Bertz CT molecular complexity index is 529. The van der Waals surface area contributed by atoms with Crippen molar-refractivity contribution in [2.75, 3.05) is 0 Å². The molecule has 1 unspecified atom stereocenters. The maximum absolute atomic E-state index is 12.1. The summed E-state index contributed by atoms with van der Waals surface area (Å²) in [6.07, 6.45) is 0.884. The van der Waals surface area contributed by atoms with Crippen LogP contribution >= 0.6 is 11.3 Å². The molecule has 1 aromatic carbocycles. The van der Waals surface area contributed by atoms with Crippen molar-refractivity contribution in [2.24, 2.45) is 0 Å². The number of carbonyl (C=O) groups is 2. The molecule has 2 nitrogen and oxygen atoms in total. The molecule has 1 atom stereocenters. The van der Waals surface area contributed by atoms with E-state index in [-0.39, 0.29) is 11.7 Å². The number of rotatable bonds is 4. The maximum Gasteiger partial charge on any atom is 0.202 e. The van der Waals surface area contributed by atoms with Crippen molar-refractivity contribution < 1.29 is 9.59 Å². The monoisotopic (exact) mass is 244 g/mol. The quantitative estimate of drug-likeness (QED) is 0.611. The standard InChI is InChI=1S/C14H12O2S/c1-10(9-15)11-4-2-5-12(8-11)14(16)13-6-3-7-17-13/h2-10H,1H3. The van der Waals surface area contributed by atoms with Crippen LogP contribution in [-0.2, 0) is 4.79 Å². The maximum atomic E-state index is 12.1. The van der Waals surface area contributed by atoms with E-state index in [1.54, 1.807) is 12.1 Å². The fraction of sp³-hybridized carbons (Fsp3) is 0.143. The summed E-state index contributed by atoms with van der Waals surface area (Å²) in [4.78, 5) is 23.5. The van der Waals surface area contributed by atoms with Crippen LogP contribution in [0.1, 0.15) is 33.6 Å². The Hall–Kier alpha value is -1.74. The highest BCUT2D eigenvalue weighted by molar-refractivity contribution is 7.12. The largest absolute Gasteiger partial charge is 0.303 e. The lowest BCUT2D eigenvalue weighted by atomic mass is 9.98. The van der Waals surface area contributed by atoms with Crippen molar-refractivity contribution in [1.29, 1.82) is 0 Å². The molecule has 0 saturated heterocycles. The second-order valence-corrected chi connectivity index (χ2v) is 4.80. The number of carbonyl (C=O) groups excluding carboxylic acids is 2. The molecule has 1 heterocycles. The van der Waals surface area contributed by atoms with Gasteiger partial charge in [0.1, 0.15) is 6.29 Å². The van der Waals surface area contributed by atoms with Gasteiger partial charge < -0.3 is 4.79 Å². The number of hydrogen-bond donors (Lipinski definition) is 0. The highest BCUT2D eigenvalue weighted by atomic mass is 32.1. The van der Waals surface area contributed by atoms with Gasteiger partial charge >= 0.3 is 0 Å². The number of aldehydes is 1. The summed E-state index contributed by atoms with van der Waals surface area (Å²) in [6, 6.07) is 10.9. The molecule has 1 aromatic heterocycles. The zero-order valence-corrected chi connectivity index (χ0v) is 10.2. The van der Waals surface area contributed by atoms with Gasteiger partial charge in [-0.15, -0.1) is 11.3 Å². The van der Waals surface area contributed by atoms with Crippen LogP contribution in [0.5, 0.6) is 0 Å². The lowest BCUT2D eigenvalue weighted by molar-refractivity contribution is -0.108. The molecule has 0 spiro atoms. The van der Waals surface area contributed by atoms with E-state index in [9.17, 15) is 9.59 Å². The molecule has 0 fully saturated rings. The third-order valence-electron chi connectivity index (χ3n) is 2.62. The van der Waals surface area contributed by atoms with Gasteiger partial charge in [0.05, 0.1) is 4.88 Å². The Balaban J connectivity index is 2.34. The lowest BCUT2D eigenvalue weighted by Gasteiger charge is -2.05. The number of ketones is 1. The van der Waals surface area contributed by atoms with Crippen LogP contribution in [0.3, 0.4) is 0 Å². The molecular formula is C14H12O2S. The van der Waals surface area contributed by atoms with Gasteiger partial charge in [-0.1, -0.05) is 31.2 Å². The predicted octanol–water partition coefficient (Wildman–Crippen LogP) is 3.28. The SMILES string of the molecule is CC(C=O)c1cccc(C(=O)c2cccs2)c1. The van der Waals surface area contributed by atoms with Crippen molar-refractivity contribution in [3.8, 4) is 0 Å². The van der Waals surface area contributed by atoms with Gasteiger partial charge in [0, 0.05) is 11.5 Å². The van der Waals surface area contributed by atoms with Gasteiger partial charge in [0.25, 0.3) is 0 Å². The van der Waals surface area contributed by atoms with Gasteiger partial charge in [-0.25, -0.2) is 0 Å². The van der Waals surface area contributed by atoms with E-state index in [0.29, 0.717) is 5.56 Å². The van der Waals surface area contributed by atoms with E-state index >= 15 is 0 Å². The van der Waals surface area contributed by atoms with Gasteiger partial charge in [-0.3, -0.25) is 4.79 Å². The van der Waals surface area contributed by atoms with E-state index in [4.69, 9.17) is 0 Å². The summed E-state index contributed by atoms with van der Waals surface area (Å²) in [5.41, 5.74) is 1.51. The molecule has 86 valence electrons. The second-order valence-electron chi connectivity index (χ2n) is 3.86. The van der Waals surface area contributed by atoms with Crippen molar-refractivity contribution in [2.45, 2.75) is 12.8 Å². The minimum atomic E-state index is -0.175. The normalized spacial score (nSPS) is 12.1. The van der Waals surface area contributed by atoms with Gasteiger partial charge in [-0.2, -0.15) is 0 Å². The Labute approximate surface area is 104 Å². The van der Waals surface area contributed by atoms with Crippen LogP contribution in [-0.4, -0.2) is 12.1 Å². The highest BCUT2D eigenvalue weighted by Gasteiger charge is 2.12. The first-order chi connectivity index (χ1) is 8.22. The summed E-state index contributed by atoms with van der Waals surface area (Å²) in [6.45, 7) is 1.82. The molecule has 0 aliphatic carbocycles. The van der Waals surface area contributed by atoms with Crippen molar-refractivity contribution in [3.63, 3.8) is 0 Å². The van der Waals surface area contributed by atoms with Gasteiger partial charge in [0.15, 0.2) is 0 Å². The molecule has 0 radical (unpaired) electrons. The second kappa shape index (κ2) is 5.06. The summed E-state index contributed by atoms with van der Waals surface area (Å²) in [5.74, 6) is -0.161. The molecule has 2 aromatic rings. The van der Waals surface area contributed by atoms with Crippen LogP contribution in [0.15, 0.2) is 41.8 Å². The molecule has 0 amide bonds. The summed E-state index contributed by atoms with van der Waals surface area (Å²) >= 11 is 1.43. The molecule has 0 aliphatic heterocycles. The van der Waals surface area contributed by atoms with E-state index in [0.717, 1.165) is 16.7 Å². The minimum absolute atomic E-state index is 0.0138. The smallest absolute Gasteiger partial charge is 0.202 e. The van der Waals surface area contributed by atoms with Crippen molar-refractivity contribution in [1.82, 2.24) is 0 Å². The van der Waals surface area contributed by atoms with E-state index in [1.165, 1.54) is 11.3 Å². The molecule has 0 bridgehead atoms. The third kappa shape index (κ3) is 2.50. The average molecular weight is 244 g/mol. The molecule has 3 heteroatoms. The summed E-state index contributed by atoms with van der Waals surface area (Å²) in [5, 5.41) is 1.88. The molecular weight excluding hydrogens is 232 g/mol. The first-order valence-corrected chi connectivity index (χ1v) is 6.24. The van der Waals surface area contributed by atoms with E-state index in [1.807, 2.05) is 36.6 Å². The number of hydrogen-bond acceptors (Lipinski definition) is 3. The van der Waals surface area contributed by atoms with Gasteiger partial charge in [0.2, 0.25) is 5.78 Å². The Kier molecular flexibility index (Phi) is 3.49. The Morgan fingerprint density at radius 2 is 2.12 bits per heavy atom. The fourth-order valence-corrected chi connectivity index (χ4v) is 2.28. The fourth-order valence-electron chi connectivity index (χ4n) is 1.59. The Morgan fingerprint density at radius 1 is 1.29 bits per heavy atom. The molecule has 17 heavy (non-hydrogen) atoms. The first kappa shape index (κ1) is 11.7. The van der Waals surface area contributed by atoms with Crippen LogP contribution in [0.4, 0.5) is 0 Å². The van der Waals surface area contributed by atoms with Crippen LogP contribution in [0.25, 0.3) is 0 Å². The number of benzene rings is 1. The summed E-state index contributed by atoms with van der Waals surface area (Å²) in [7, 11) is 0. The van der Waals surface area contributed by atoms with Crippen LogP contribution in [0, 0.1) is 0 Å². The third-order valence-corrected chi connectivity index (χ3v) is 3.49. The van der Waals surface area contributed by atoms with E-state index in [2.05, 4.69) is 0 Å². The zero-order chi connectivity index (χ0) is 12.3. The average Bonchev–Trinajstić information content (AvgIpc) is 2.91. The first-order valence-electron chi connectivity index (χ1n) is 5.36. The summed E-state index contributed by atoms with van der Waals surface area (Å²) < 4.78 is 0. The van der Waals surface area contributed by atoms with Crippen molar-refractivity contribution >= 4 is 23.4 Å². The zero-order valence-electron chi connectivity index (χ0n) is 9.42. The lowest BCUT2D eigenvalue weighted by Crippen LogP contribution is -2.01. The van der Waals surface area contributed by atoms with Crippen molar-refractivity contribution in [3.05, 3.63) is 57.8 Å². The predicted molar refractivity (Wildman–Crippen MR) is 68.7 cm³/mol. The Morgan fingerprint density at radius 3 is 2.76 bits per heavy atom. The molecule has 0 aliphatic rings. The molecule has 0 N–H and O–H groups in total.